The SMILES string of the molecule is COC(=O)[C@@H](C)Cc1ccc(CO)nc1. The molecule has 0 fully saturated rings. The molecule has 0 bridgehead atoms. The van der Waals surface area contributed by atoms with Crippen LogP contribution in [-0.4, -0.2) is 23.2 Å². The summed E-state index contributed by atoms with van der Waals surface area (Å²) in [7, 11) is 1.38. The molecule has 1 atom stereocenters. The van der Waals surface area contributed by atoms with Crippen molar-refractivity contribution < 1.29 is 14.6 Å². The average Bonchev–Trinajstić information content (AvgIpc) is 2.29. The highest BCUT2D eigenvalue weighted by Gasteiger charge is 2.13. The Bertz CT molecular complexity index is 321. The number of pyridine rings is 1. The summed E-state index contributed by atoms with van der Waals surface area (Å²) in [4.78, 5) is 15.2. The largest absolute Gasteiger partial charge is 0.469 e. The van der Waals surface area contributed by atoms with Crippen LogP contribution in [0.5, 0.6) is 0 Å². The van der Waals surface area contributed by atoms with E-state index in [2.05, 4.69) is 9.72 Å². The molecular formula is C11H15NO3. The summed E-state index contributed by atoms with van der Waals surface area (Å²) in [6.45, 7) is 1.75. The van der Waals surface area contributed by atoms with Gasteiger partial charge in [0.2, 0.25) is 0 Å². The quantitative estimate of drug-likeness (QED) is 0.749. The molecule has 1 aromatic rings. The van der Waals surface area contributed by atoms with Crippen LogP contribution in [-0.2, 0) is 22.6 Å². The highest BCUT2D eigenvalue weighted by Crippen LogP contribution is 2.09. The minimum atomic E-state index is -0.221. The number of methoxy groups -OCH3 is 1. The maximum atomic E-state index is 11.2. The van der Waals surface area contributed by atoms with E-state index >= 15 is 0 Å². The van der Waals surface area contributed by atoms with E-state index < -0.39 is 0 Å². The molecule has 0 spiro atoms. The number of carbonyl (C=O) groups is 1. The third kappa shape index (κ3) is 3.32. The van der Waals surface area contributed by atoms with E-state index in [1.807, 2.05) is 13.0 Å². The minimum Gasteiger partial charge on any atom is -0.469 e. The van der Waals surface area contributed by atoms with Crippen molar-refractivity contribution >= 4 is 5.97 Å². The standard InChI is InChI=1S/C11H15NO3/c1-8(11(14)15-2)5-9-3-4-10(7-13)12-6-9/h3-4,6,8,13H,5,7H2,1-2H3/t8-/m0/s1. The molecule has 1 heterocycles. The number of nitrogens with zero attached hydrogens (tertiary/aromatic N) is 1. The predicted molar refractivity (Wildman–Crippen MR) is 55.0 cm³/mol. The van der Waals surface area contributed by atoms with Crippen LogP contribution in [0.2, 0.25) is 0 Å². The van der Waals surface area contributed by atoms with Crippen molar-refractivity contribution in [1.82, 2.24) is 4.98 Å². The average molecular weight is 209 g/mol. The zero-order valence-electron chi connectivity index (χ0n) is 8.93. The molecule has 0 unspecified atom stereocenters. The van der Waals surface area contributed by atoms with Crippen molar-refractivity contribution in [3.8, 4) is 0 Å². The molecule has 0 saturated heterocycles. The fraction of sp³-hybridized carbons (Fsp3) is 0.455. The summed E-state index contributed by atoms with van der Waals surface area (Å²) in [5, 5.41) is 8.80. The smallest absolute Gasteiger partial charge is 0.308 e. The van der Waals surface area contributed by atoms with E-state index in [0.717, 1.165) is 5.56 Å². The van der Waals surface area contributed by atoms with Gasteiger partial charge >= 0.3 is 5.97 Å². The lowest BCUT2D eigenvalue weighted by molar-refractivity contribution is -0.144. The Morgan fingerprint density at radius 3 is 2.80 bits per heavy atom. The first-order chi connectivity index (χ1) is 7.17. The Labute approximate surface area is 88.9 Å². The zero-order chi connectivity index (χ0) is 11.3. The molecule has 1 N–H and O–H groups in total. The molecular weight excluding hydrogens is 194 g/mol. The van der Waals surface area contributed by atoms with E-state index in [4.69, 9.17) is 5.11 Å². The van der Waals surface area contributed by atoms with Gasteiger partial charge in [0.15, 0.2) is 0 Å². The van der Waals surface area contributed by atoms with Gasteiger partial charge in [-0.2, -0.15) is 0 Å². The fourth-order valence-corrected chi connectivity index (χ4v) is 1.31. The van der Waals surface area contributed by atoms with Crippen molar-refractivity contribution in [2.75, 3.05) is 7.11 Å². The highest BCUT2D eigenvalue weighted by molar-refractivity contribution is 5.72. The molecule has 0 saturated carbocycles. The third-order valence-electron chi connectivity index (χ3n) is 2.19. The molecule has 4 heteroatoms. The second kappa shape index (κ2) is 5.46. The molecule has 82 valence electrons. The Balaban J connectivity index is 2.60. The Morgan fingerprint density at radius 1 is 1.60 bits per heavy atom. The number of hydrogen-bond donors (Lipinski definition) is 1. The summed E-state index contributed by atoms with van der Waals surface area (Å²) in [5.41, 5.74) is 1.59. The first-order valence-corrected chi connectivity index (χ1v) is 4.80. The maximum Gasteiger partial charge on any atom is 0.308 e. The lowest BCUT2D eigenvalue weighted by atomic mass is 10.0. The van der Waals surface area contributed by atoms with Gasteiger partial charge in [0.1, 0.15) is 0 Å². The van der Waals surface area contributed by atoms with Crippen LogP contribution in [0.3, 0.4) is 0 Å². The van der Waals surface area contributed by atoms with Crippen molar-refractivity contribution in [2.24, 2.45) is 5.92 Å². The number of aliphatic hydroxyl groups is 1. The van der Waals surface area contributed by atoms with Gasteiger partial charge < -0.3 is 9.84 Å². The zero-order valence-corrected chi connectivity index (χ0v) is 8.93. The Morgan fingerprint density at radius 2 is 2.33 bits per heavy atom. The van der Waals surface area contributed by atoms with Crippen LogP contribution in [0.15, 0.2) is 18.3 Å². The van der Waals surface area contributed by atoms with Crippen LogP contribution >= 0.6 is 0 Å². The van der Waals surface area contributed by atoms with Crippen molar-refractivity contribution in [3.05, 3.63) is 29.6 Å². The summed E-state index contributed by atoms with van der Waals surface area (Å²) in [6, 6.07) is 3.61. The topological polar surface area (TPSA) is 59.4 Å². The number of esters is 1. The Kier molecular flexibility index (Phi) is 4.24. The van der Waals surface area contributed by atoms with Gasteiger partial charge in [-0.05, 0) is 18.1 Å². The van der Waals surface area contributed by atoms with Gasteiger partial charge in [-0.3, -0.25) is 9.78 Å². The second-order valence-corrected chi connectivity index (χ2v) is 3.44. The Hall–Kier alpha value is -1.42. The molecule has 0 aromatic carbocycles. The van der Waals surface area contributed by atoms with Gasteiger partial charge in [-0.1, -0.05) is 13.0 Å². The molecule has 0 aliphatic rings. The highest BCUT2D eigenvalue weighted by atomic mass is 16.5. The third-order valence-corrected chi connectivity index (χ3v) is 2.19. The summed E-state index contributed by atoms with van der Waals surface area (Å²) < 4.78 is 4.63. The summed E-state index contributed by atoms with van der Waals surface area (Å²) in [6.07, 6.45) is 2.27. The van der Waals surface area contributed by atoms with Crippen LogP contribution in [0, 0.1) is 5.92 Å². The lowest BCUT2D eigenvalue weighted by Gasteiger charge is -2.08. The molecule has 0 aliphatic heterocycles. The van der Waals surface area contributed by atoms with E-state index in [0.29, 0.717) is 12.1 Å². The van der Waals surface area contributed by atoms with E-state index in [9.17, 15) is 4.79 Å². The number of hydrogen-bond acceptors (Lipinski definition) is 4. The fourth-order valence-electron chi connectivity index (χ4n) is 1.31. The van der Waals surface area contributed by atoms with Crippen LogP contribution in [0.4, 0.5) is 0 Å². The summed E-state index contributed by atoms with van der Waals surface area (Å²) >= 11 is 0. The number of rotatable bonds is 4. The van der Waals surface area contributed by atoms with Crippen LogP contribution < -0.4 is 0 Å². The number of ether oxygens (including phenoxy) is 1. The molecule has 4 nitrogen and oxygen atoms in total. The van der Waals surface area contributed by atoms with E-state index in [1.165, 1.54) is 7.11 Å². The first-order valence-electron chi connectivity index (χ1n) is 4.80. The minimum absolute atomic E-state index is 0.0627. The molecule has 15 heavy (non-hydrogen) atoms. The van der Waals surface area contributed by atoms with Gasteiger partial charge in [-0.15, -0.1) is 0 Å². The molecule has 0 aliphatic carbocycles. The van der Waals surface area contributed by atoms with Gasteiger partial charge in [0, 0.05) is 6.20 Å². The first kappa shape index (κ1) is 11.7. The van der Waals surface area contributed by atoms with E-state index in [1.54, 1.807) is 12.3 Å². The van der Waals surface area contributed by atoms with Crippen molar-refractivity contribution in [2.45, 2.75) is 20.0 Å². The van der Waals surface area contributed by atoms with Crippen molar-refractivity contribution in [1.29, 1.82) is 0 Å². The number of aliphatic hydroxyl groups excluding tert-OH is 1. The van der Waals surface area contributed by atoms with Crippen LogP contribution in [0.25, 0.3) is 0 Å². The van der Waals surface area contributed by atoms with Gasteiger partial charge in [-0.25, -0.2) is 0 Å². The number of aromatic nitrogens is 1. The van der Waals surface area contributed by atoms with Crippen molar-refractivity contribution in [3.63, 3.8) is 0 Å². The molecule has 0 amide bonds. The lowest BCUT2D eigenvalue weighted by Crippen LogP contribution is -2.15. The van der Waals surface area contributed by atoms with Crippen LogP contribution in [0.1, 0.15) is 18.2 Å². The molecule has 1 aromatic heterocycles. The molecule has 0 radical (unpaired) electrons. The van der Waals surface area contributed by atoms with Gasteiger partial charge in [0.05, 0.1) is 25.3 Å². The van der Waals surface area contributed by atoms with Gasteiger partial charge in [0.25, 0.3) is 0 Å². The van der Waals surface area contributed by atoms with E-state index in [-0.39, 0.29) is 18.5 Å². The summed E-state index contributed by atoms with van der Waals surface area (Å²) in [5.74, 6) is -0.391. The normalized spacial score (nSPS) is 12.2. The number of carbonyl (C=O) groups excluding carboxylic acids is 1. The second-order valence-electron chi connectivity index (χ2n) is 3.44. The predicted octanol–water partition coefficient (Wildman–Crippen LogP) is 0.925. The molecule has 1 rings (SSSR count). The monoisotopic (exact) mass is 209 g/mol. The maximum absolute atomic E-state index is 11.2.